The summed E-state index contributed by atoms with van der Waals surface area (Å²) >= 11 is 8.12. The number of ether oxygens (including phenoxy) is 1. The summed E-state index contributed by atoms with van der Waals surface area (Å²) in [4.78, 5) is 25.4. The molecule has 3 aromatic rings. The topological polar surface area (TPSA) is 81.4 Å². The van der Waals surface area contributed by atoms with Crippen molar-refractivity contribution in [2.75, 3.05) is 11.9 Å². The smallest absolute Gasteiger partial charge is 0.262 e. The fourth-order valence-electron chi connectivity index (χ4n) is 2.79. The van der Waals surface area contributed by atoms with E-state index in [0.29, 0.717) is 22.7 Å². The third-order valence-electron chi connectivity index (χ3n) is 4.21. The molecule has 0 saturated carbocycles. The molecule has 0 atom stereocenters. The van der Waals surface area contributed by atoms with Crippen LogP contribution in [0, 0.1) is 6.92 Å². The number of nitrogens with one attached hydrogen (secondary N) is 1. The van der Waals surface area contributed by atoms with Crippen LogP contribution in [0.25, 0.3) is 0 Å². The average Bonchev–Trinajstić information content (AvgIpc) is 2.97. The zero-order chi connectivity index (χ0) is 21.0. The Morgan fingerprint density at radius 2 is 1.86 bits per heavy atom. The number of thiophene rings is 1. The molecule has 150 valence electrons. The Kier molecular flexibility index (Phi) is 7.10. The van der Waals surface area contributed by atoms with E-state index >= 15 is 0 Å². The summed E-state index contributed by atoms with van der Waals surface area (Å²) in [5, 5.41) is 3.22. The Morgan fingerprint density at radius 3 is 2.52 bits per heavy atom. The van der Waals surface area contributed by atoms with Gasteiger partial charge in [0, 0.05) is 15.8 Å². The highest BCUT2D eigenvalue weighted by atomic mass is 79.9. The van der Waals surface area contributed by atoms with Gasteiger partial charge in [0.1, 0.15) is 10.8 Å². The summed E-state index contributed by atoms with van der Waals surface area (Å²) in [7, 11) is 0. The highest BCUT2D eigenvalue weighted by Crippen LogP contribution is 2.34. The standard InChI is InChI=1S/C21H18Br2N2O3S/c1-12-17(9-13-5-3-2-4-6-13)29-21(19(12)20(24)27)25-18(26)11-28-16-8-7-14(22)10-15(16)23/h2-8,10H,9,11H2,1H3,(H2,24,27)(H,25,26). The lowest BCUT2D eigenvalue weighted by atomic mass is 10.1. The number of carbonyl (C=O) groups is 2. The van der Waals surface area contributed by atoms with Gasteiger partial charge in [0.2, 0.25) is 0 Å². The Balaban J connectivity index is 1.74. The SMILES string of the molecule is Cc1c(Cc2ccccc2)sc(NC(=O)COc2ccc(Br)cc2Br)c1C(N)=O. The summed E-state index contributed by atoms with van der Waals surface area (Å²) in [6, 6.07) is 15.3. The normalized spacial score (nSPS) is 10.6. The molecule has 29 heavy (non-hydrogen) atoms. The molecule has 2 amide bonds. The van der Waals surface area contributed by atoms with Crippen LogP contribution in [0.1, 0.15) is 26.4 Å². The quantitative estimate of drug-likeness (QED) is 0.429. The van der Waals surface area contributed by atoms with Gasteiger partial charge in [-0.3, -0.25) is 9.59 Å². The largest absolute Gasteiger partial charge is 0.483 e. The van der Waals surface area contributed by atoms with Crippen molar-refractivity contribution in [3.05, 3.63) is 79.0 Å². The molecule has 0 fully saturated rings. The molecule has 5 nitrogen and oxygen atoms in total. The van der Waals surface area contributed by atoms with E-state index < -0.39 is 5.91 Å². The Bertz CT molecular complexity index is 1050. The predicted molar refractivity (Wildman–Crippen MR) is 123 cm³/mol. The summed E-state index contributed by atoms with van der Waals surface area (Å²) in [6.07, 6.45) is 0.663. The van der Waals surface area contributed by atoms with Crippen molar-refractivity contribution >= 4 is 60.0 Å². The monoisotopic (exact) mass is 536 g/mol. The maximum Gasteiger partial charge on any atom is 0.262 e. The van der Waals surface area contributed by atoms with Crippen molar-refractivity contribution in [3.63, 3.8) is 0 Å². The minimum Gasteiger partial charge on any atom is -0.483 e. The number of carbonyl (C=O) groups excluding carboxylic acids is 2. The molecule has 1 aromatic heterocycles. The number of amides is 2. The molecule has 0 spiro atoms. The van der Waals surface area contributed by atoms with Gasteiger partial charge in [-0.15, -0.1) is 11.3 Å². The molecule has 8 heteroatoms. The van der Waals surface area contributed by atoms with Crippen LogP contribution in [0.15, 0.2) is 57.5 Å². The maximum absolute atomic E-state index is 12.4. The highest BCUT2D eigenvalue weighted by Gasteiger charge is 2.21. The van der Waals surface area contributed by atoms with Crippen molar-refractivity contribution in [1.29, 1.82) is 0 Å². The van der Waals surface area contributed by atoms with Crippen LogP contribution in [-0.4, -0.2) is 18.4 Å². The van der Waals surface area contributed by atoms with Crippen LogP contribution in [0.2, 0.25) is 0 Å². The van der Waals surface area contributed by atoms with Crippen LogP contribution in [-0.2, 0) is 11.2 Å². The van der Waals surface area contributed by atoms with Gasteiger partial charge < -0.3 is 15.8 Å². The first-order chi connectivity index (χ1) is 13.8. The van der Waals surface area contributed by atoms with Crippen molar-refractivity contribution in [1.82, 2.24) is 0 Å². The number of rotatable bonds is 7. The second-order valence-corrected chi connectivity index (χ2v) is 9.17. The summed E-state index contributed by atoms with van der Waals surface area (Å²) < 4.78 is 7.19. The van der Waals surface area contributed by atoms with Gasteiger partial charge in [0.25, 0.3) is 11.8 Å². The first-order valence-corrected chi connectivity index (χ1v) is 11.1. The first-order valence-electron chi connectivity index (χ1n) is 8.69. The van der Waals surface area contributed by atoms with Crippen molar-refractivity contribution < 1.29 is 14.3 Å². The third kappa shape index (κ3) is 5.46. The Morgan fingerprint density at radius 1 is 1.14 bits per heavy atom. The minimum absolute atomic E-state index is 0.191. The molecule has 0 unspecified atom stereocenters. The second-order valence-electron chi connectivity index (χ2n) is 6.29. The molecule has 0 aliphatic heterocycles. The van der Waals surface area contributed by atoms with Crippen molar-refractivity contribution in [2.45, 2.75) is 13.3 Å². The molecule has 0 aliphatic carbocycles. The van der Waals surface area contributed by atoms with E-state index in [1.807, 2.05) is 49.4 Å². The van der Waals surface area contributed by atoms with Gasteiger partial charge in [-0.05, 0) is 52.2 Å². The van der Waals surface area contributed by atoms with Crippen LogP contribution >= 0.6 is 43.2 Å². The number of benzene rings is 2. The van der Waals surface area contributed by atoms with Crippen LogP contribution in [0.3, 0.4) is 0 Å². The van der Waals surface area contributed by atoms with Gasteiger partial charge in [-0.25, -0.2) is 0 Å². The molecule has 2 aromatic carbocycles. The number of hydrogen-bond acceptors (Lipinski definition) is 4. The number of nitrogens with two attached hydrogens (primary N) is 1. The molecule has 1 heterocycles. The number of anilines is 1. The summed E-state index contributed by atoms with van der Waals surface area (Å²) in [6.45, 7) is 1.66. The Labute approximate surface area is 189 Å². The first kappa shape index (κ1) is 21.5. The lowest BCUT2D eigenvalue weighted by Gasteiger charge is -2.09. The van der Waals surface area contributed by atoms with E-state index in [1.165, 1.54) is 11.3 Å². The van der Waals surface area contributed by atoms with Gasteiger partial charge in [0.15, 0.2) is 6.61 Å². The molecular weight excluding hydrogens is 520 g/mol. The average molecular weight is 538 g/mol. The lowest BCUT2D eigenvalue weighted by molar-refractivity contribution is -0.118. The molecule has 3 rings (SSSR count). The van der Waals surface area contributed by atoms with E-state index in [1.54, 1.807) is 6.07 Å². The van der Waals surface area contributed by atoms with Crippen LogP contribution in [0.4, 0.5) is 5.00 Å². The van der Waals surface area contributed by atoms with Crippen LogP contribution < -0.4 is 15.8 Å². The van der Waals surface area contributed by atoms with Gasteiger partial charge in [-0.1, -0.05) is 46.3 Å². The van der Waals surface area contributed by atoms with Gasteiger partial charge >= 0.3 is 0 Å². The van der Waals surface area contributed by atoms with E-state index in [0.717, 1.165) is 24.9 Å². The Hall–Kier alpha value is -2.16. The number of halogens is 2. The lowest BCUT2D eigenvalue weighted by Crippen LogP contribution is -2.22. The fraction of sp³-hybridized carbons (Fsp3) is 0.143. The summed E-state index contributed by atoms with van der Waals surface area (Å²) in [5.41, 5.74) is 7.83. The van der Waals surface area contributed by atoms with E-state index in [-0.39, 0.29) is 12.5 Å². The predicted octanol–water partition coefficient (Wildman–Crippen LogP) is 5.29. The molecular formula is C21H18Br2N2O3S. The zero-order valence-electron chi connectivity index (χ0n) is 15.5. The second kappa shape index (κ2) is 9.56. The summed E-state index contributed by atoms with van der Waals surface area (Å²) in [5.74, 6) is -0.384. The molecule has 0 bridgehead atoms. The number of hydrogen-bond donors (Lipinski definition) is 2. The fourth-order valence-corrected chi connectivity index (χ4v) is 5.22. The maximum atomic E-state index is 12.4. The van der Waals surface area contributed by atoms with Crippen molar-refractivity contribution in [3.8, 4) is 5.75 Å². The minimum atomic E-state index is -0.565. The van der Waals surface area contributed by atoms with Crippen molar-refractivity contribution in [2.24, 2.45) is 5.73 Å². The van der Waals surface area contributed by atoms with Crippen LogP contribution in [0.5, 0.6) is 5.75 Å². The zero-order valence-corrected chi connectivity index (χ0v) is 19.5. The third-order valence-corrected chi connectivity index (χ3v) is 6.53. The highest BCUT2D eigenvalue weighted by molar-refractivity contribution is 9.11. The van der Waals surface area contributed by atoms with E-state index in [4.69, 9.17) is 10.5 Å². The molecule has 0 saturated heterocycles. The van der Waals surface area contributed by atoms with E-state index in [2.05, 4.69) is 37.2 Å². The molecule has 0 radical (unpaired) electrons. The van der Waals surface area contributed by atoms with E-state index in [9.17, 15) is 9.59 Å². The number of primary amides is 1. The van der Waals surface area contributed by atoms with Gasteiger partial charge in [-0.2, -0.15) is 0 Å². The molecule has 3 N–H and O–H groups in total. The molecule has 0 aliphatic rings. The van der Waals surface area contributed by atoms with Gasteiger partial charge in [0.05, 0.1) is 10.0 Å².